The van der Waals surface area contributed by atoms with Gasteiger partial charge in [0.25, 0.3) is 0 Å². The second-order valence-corrected chi connectivity index (χ2v) is 4.16. The lowest BCUT2D eigenvalue weighted by Gasteiger charge is -2.22. The molecule has 0 aliphatic carbocycles. The van der Waals surface area contributed by atoms with Crippen molar-refractivity contribution in [1.29, 1.82) is 0 Å². The third kappa shape index (κ3) is 3.77. The molecule has 0 aliphatic rings. The van der Waals surface area contributed by atoms with E-state index in [1.165, 1.54) is 0 Å². The van der Waals surface area contributed by atoms with Crippen LogP contribution in [0.25, 0.3) is 0 Å². The SMILES string of the molecule is CCNc1nc(C)c([N+](=O)[O-])c(N(CC)CCOC)n1. The number of rotatable bonds is 8. The number of aromatic nitrogens is 2. The predicted molar refractivity (Wildman–Crippen MR) is 77.4 cm³/mol. The van der Waals surface area contributed by atoms with E-state index in [2.05, 4.69) is 15.3 Å². The molecule has 1 heterocycles. The summed E-state index contributed by atoms with van der Waals surface area (Å²) in [5.74, 6) is 0.736. The van der Waals surface area contributed by atoms with Crippen LogP contribution >= 0.6 is 0 Å². The maximum absolute atomic E-state index is 11.3. The standard InChI is InChI=1S/C12H21N5O3/c1-5-13-12-14-9(3)10(17(18)19)11(15-12)16(6-2)7-8-20-4/h5-8H2,1-4H3,(H,13,14,15). The quantitative estimate of drug-likeness (QED) is 0.572. The summed E-state index contributed by atoms with van der Waals surface area (Å²) in [7, 11) is 1.59. The Bertz CT molecular complexity index is 467. The summed E-state index contributed by atoms with van der Waals surface area (Å²) < 4.78 is 5.03. The highest BCUT2D eigenvalue weighted by Gasteiger charge is 2.25. The summed E-state index contributed by atoms with van der Waals surface area (Å²) in [5.41, 5.74) is 0.302. The zero-order valence-electron chi connectivity index (χ0n) is 12.3. The lowest BCUT2D eigenvalue weighted by Crippen LogP contribution is -2.29. The molecule has 112 valence electrons. The Labute approximate surface area is 118 Å². The molecule has 8 nitrogen and oxygen atoms in total. The second kappa shape index (κ2) is 7.59. The summed E-state index contributed by atoms with van der Waals surface area (Å²) in [6.45, 7) is 7.73. The lowest BCUT2D eigenvalue weighted by molar-refractivity contribution is -0.385. The van der Waals surface area contributed by atoms with Crippen molar-refractivity contribution >= 4 is 17.5 Å². The predicted octanol–water partition coefficient (Wildman–Crippen LogP) is 1.60. The zero-order chi connectivity index (χ0) is 15.1. The Balaban J connectivity index is 3.26. The van der Waals surface area contributed by atoms with Crippen LogP contribution in [0.1, 0.15) is 19.5 Å². The minimum Gasteiger partial charge on any atom is -0.383 e. The van der Waals surface area contributed by atoms with Gasteiger partial charge < -0.3 is 15.0 Å². The van der Waals surface area contributed by atoms with E-state index in [9.17, 15) is 10.1 Å². The van der Waals surface area contributed by atoms with Crippen molar-refractivity contribution in [2.45, 2.75) is 20.8 Å². The summed E-state index contributed by atoms with van der Waals surface area (Å²) >= 11 is 0. The van der Waals surface area contributed by atoms with Crippen molar-refractivity contribution in [1.82, 2.24) is 9.97 Å². The van der Waals surface area contributed by atoms with Crippen LogP contribution in [0.4, 0.5) is 17.5 Å². The summed E-state index contributed by atoms with van der Waals surface area (Å²) in [4.78, 5) is 21.0. The smallest absolute Gasteiger partial charge is 0.332 e. The molecule has 0 fully saturated rings. The Morgan fingerprint density at radius 1 is 1.40 bits per heavy atom. The van der Waals surface area contributed by atoms with Gasteiger partial charge >= 0.3 is 5.69 Å². The van der Waals surface area contributed by atoms with Crippen molar-refractivity contribution in [3.8, 4) is 0 Å². The van der Waals surface area contributed by atoms with E-state index >= 15 is 0 Å². The average Bonchev–Trinajstić information content (AvgIpc) is 2.39. The molecule has 8 heteroatoms. The van der Waals surface area contributed by atoms with E-state index in [4.69, 9.17) is 4.74 Å². The fourth-order valence-corrected chi connectivity index (χ4v) is 1.84. The van der Waals surface area contributed by atoms with E-state index in [-0.39, 0.29) is 5.69 Å². The van der Waals surface area contributed by atoms with Crippen LogP contribution < -0.4 is 10.2 Å². The van der Waals surface area contributed by atoms with Crippen LogP contribution in [0.2, 0.25) is 0 Å². The largest absolute Gasteiger partial charge is 0.383 e. The third-order valence-electron chi connectivity index (χ3n) is 2.80. The van der Waals surface area contributed by atoms with Gasteiger partial charge in [-0.25, -0.2) is 4.98 Å². The molecule has 0 spiro atoms. The number of methoxy groups -OCH3 is 1. The van der Waals surface area contributed by atoms with Crippen molar-refractivity contribution in [3.63, 3.8) is 0 Å². The minimum absolute atomic E-state index is 0.0513. The first-order chi connectivity index (χ1) is 9.54. The first-order valence-corrected chi connectivity index (χ1v) is 6.55. The molecule has 1 aromatic rings. The molecular formula is C12H21N5O3. The number of aryl methyl sites for hydroxylation is 1. The Morgan fingerprint density at radius 2 is 2.10 bits per heavy atom. The highest BCUT2D eigenvalue weighted by molar-refractivity contribution is 5.62. The van der Waals surface area contributed by atoms with Gasteiger partial charge in [-0.05, 0) is 20.8 Å². The maximum atomic E-state index is 11.3. The molecule has 0 unspecified atom stereocenters. The van der Waals surface area contributed by atoms with Crippen LogP contribution in [-0.4, -0.2) is 48.2 Å². The first-order valence-electron chi connectivity index (χ1n) is 6.55. The minimum atomic E-state index is -0.435. The van der Waals surface area contributed by atoms with Crippen LogP contribution in [0, 0.1) is 17.0 Å². The topological polar surface area (TPSA) is 93.4 Å². The van der Waals surface area contributed by atoms with Gasteiger partial charge in [-0.15, -0.1) is 0 Å². The number of nitro groups is 1. The molecule has 0 saturated carbocycles. The van der Waals surface area contributed by atoms with Crippen LogP contribution in [0.15, 0.2) is 0 Å². The number of nitrogens with one attached hydrogen (secondary N) is 1. The zero-order valence-corrected chi connectivity index (χ0v) is 12.3. The monoisotopic (exact) mass is 283 g/mol. The van der Waals surface area contributed by atoms with E-state index in [1.54, 1.807) is 14.0 Å². The van der Waals surface area contributed by atoms with Crippen LogP contribution in [0.5, 0.6) is 0 Å². The van der Waals surface area contributed by atoms with Crippen LogP contribution in [-0.2, 0) is 4.74 Å². The van der Waals surface area contributed by atoms with Gasteiger partial charge in [0.1, 0.15) is 5.69 Å². The van der Waals surface area contributed by atoms with Gasteiger partial charge in [-0.2, -0.15) is 4.98 Å². The highest BCUT2D eigenvalue weighted by Crippen LogP contribution is 2.29. The fraction of sp³-hybridized carbons (Fsp3) is 0.667. The van der Waals surface area contributed by atoms with Crippen molar-refractivity contribution in [2.75, 3.05) is 43.6 Å². The molecule has 0 atom stereocenters. The Hall–Kier alpha value is -1.96. The molecule has 0 bridgehead atoms. The van der Waals surface area contributed by atoms with Gasteiger partial charge in [0, 0.05) is 26.7 Å². The van der Waals surface area contributed by atoms with Crippen molar-refractivity contribution in [2.24, 2.45) is 0 Å². The van der Waals surface area contributed by atoms with E-state index in [0.29, 0.717) is 43.7 Å². The highest BCUT2D eigenvalue weighted by atomic mass is 16.6. The van der Waals surface area contributed by atoms with Gasteiger partial charge in [-0.1, -0.05) is 0 Å². The molecule has 0 radical (unpaired) electrons. The Morgan fingerprint density at radius 3 is 2.60 bits per heavy atom. The molecule has 0 amide bonds. The van der Waals surface area contributed by atoms with Gasteiger partial charge in [-0.3, -0.25) is 10.1 Å². The molecule has 0 aromatic carbocycles. The molecule has 20 heavy (non-hydrogen) atoms. The lowest BCUT2D eigenvalue weighted by atomic mass is 10.3. The van der Waals surface area contributed by atoms with E-state index in [0.717, 1.165) is 0 Å². The number of hydrogen-bond donors (Lipinski definition) is 1. The molecular weight excluding hydrogens is 262 g/mol. The number of nitrogens with zero attached hydrogens (tertiary/aromatic N) is 4. The molecule has 1 rings (SSSR count). The van der Waals surface area contributed by atoms with Gasteiger partial charge in [0.05, 0.1) is 11.5 Å². The van der Waals surface area contributed by atoms with Crippen LogP contribution in [0.3, 0.4) is 0 Å². The number of anilines is 2. The van der Waals surface area contributed by atoms with Gasteiger partial charge in [0.15, 0.2) is 0 Å². The molecule has 1 aromatic heterocycles. The fourth-order valence-electron chi connectivity index (χ4n) is 1.84. The number of ether oxygens (including phenoxy) is 1. The average molecular weight is 283 g/mol. The maximum Gasteiger partial charge on any atom is 0.332 e. The third-order valence-corrected chi connectivity index (χ3v) is 2.80. The second-order valence-electron chi connectivity index (χ2n) is 4.16. The number of likely N-dealkylation sites (N-methyl/N-ethyl adjacent to an activating group) is 1. The van der Waals surface area contributed by atoms with Gasteiger partial charge in [0.2, 0.25) is 11.8 Å². The van der Waals surface area contributed by atoms with Crippen molar-refractivity contribution in [3.05, 3.63) is 15.8 Å². The summed E-state index contributed by atoms with van der Waals surface area (Å²) in [6, 6.07) is 0. The van der Waals surface area contributed by atoms with Crippen molar-refractivity contribution < 1.29 is 9.66 Å². The molecule has 0 aliphatic heterocycles. The normalized spacial score (nSPS) is 10.4. The number of hydrogen-bond acceptors (Lipinski definition) is 7. The first kappa shape index (κ1) is 16.1. The molecule has 1 N–H and O–H groups in total. The van der Waals surface area contributed by atoms with E-state index < -0.39 is 4.92 Å². The summed E-state index contributed by atoms with van der Waals surface area (Å²) in [5, 5.41) is 14.2. The Kier molecular flexibility index (Phi) is 6.10. The summed E-state index contributed by atoms with van der Waals surface area (Å²) in [6.07, 6.45) is 0. The molecule has 0 saturated heterocycles. The van der Waals surface area contributed by atoms with E-state index in [1.807, 2.05) is 18.7 Å².